The van der Waals surface area contributed by atoms with Crippen LogP contribution < -0.4 is 10.6 Å². The van der Waals surface area contributed by atoms with Crippen molar-refractivity contribution in [2.75, 3.05) is 10.6 Å². The molecule has 0 aliphatic heterocycles. The molecular weight excluding hydrogens is 342 g/mol. The van der Waals surface area contributed by atoms with Gasteiger partial charge in [0.1, 0.15) is 5.82 Å². The Hall–Kier alpha value is -1.88. The van der Waals surface area contributed by atoms with E-state index in [1.165, 1.54) is 25.7 Å². The molecule has 1 saturated carbocycles. The van der Waals surface area contributed by atoms with Gasteiger partial charge in [0, 0.05) is 28.0 Å². The molecule has 2 N–H and O–H groups in total. The van der Waals surface area contributed by atoms with Gasteiger partial charge in [-0.1, -0.05) is 34.8 Å². The highest BCUT2D eigenvalue weighted by atomic mass is 79.9. The van der Waals surface area contributed by atoms with Gasteiger partial charge in [0.25, 0.3) is 5.91 Å². The molecule has 114 valence electrons. The molecule has 1 aliphatic rings. The zero-order valence-corrected chi connectivity index (χ0v) is 13.8. The summed E-state index contributed by atoms with van der Waals surface area (Å²) < 4.78 is 0.934. The van der Waals surface area contributed by atoms with Crippen molar-refractivity contribution in [3.05, 3.63) is 52.6 Å². The van der Waals surface area contributed by atoms with Crippen LogP contribution in [-0.4, -0.2) is 16.9 Å². The van der Waals surface area contributed by atoms with Crippen molar-refractivity contribution in [2.45, 2.75) is 31.7 Å². The molecule has 3 rings (SSSR count). The zero-order chi connectivity index (χ0) is 15.4. The second-order valence-corrected chi connectivity index (χ2v) is 6.44. The van der Waals surface area contributed by atoms with E-state index in [1.54, 1.807) is 12.3 Å². The minimum absolute atomic E-state index is 0.130. The van der Waals surface area contributed by atoms with Gasteiger partial charge in [0.2, 0.25) is 0 Å². The van der Waals surface area contributed by atoms with Crippen molar-refractivity contribution in [3.63, 3.8) is 0 Å². The van der Waals surface area contributed by atoms with E-state index in [0.29, 0.717) is 11.6 Å². The number of nitrogens with one attached hydrogen (secondary N) is 2. The number of carbonyl (C=O) groups is 1. The molecule has 22 heavy (non-hydrogen) atoms. The van der Waals surface area contributed by atoms with E-state index in [-0.39, 0.29) is 5.91 Å². The molecule has 1 heterocycles. The molecular formula is C17H18BrN3O. The maximum atomic E-state index is 12.3. The molecule has 1 aromatic heterocycles. The minimum atomic E-state index is -0.130. The first-order valence-corrected chi connectivity index (χ1v) is 8.29. The third-order valence-corrected chi connectivity index (χ3v) is 4.31. The van der Waals surface area contributed by atoms with E-state index in [2.05, 4.69) is 31.5 Å². The predicted octanol–water partition coefficient (Wildman–Crippen LogP) is 4.45. The van der Waals surface area contributed by atoms with Crippen LogP contribution in [0, 0.1) is 0 Å². The monoisotopic (exact) mass is 359 g/mol. The Kier molecular flexibility index (Phi) is 4.73. The number of amides is 1. The Bertz CT molecular complexity index is 668. The van der Waals surface area contributed by atoms with Gasteiger partial charge in [-0.15, -0.1) is 0 Å². The largest absolute Gasteiger partial charge is 0.367 e. The van der Waals surface area contributed by atoms with Crippen LogP contribution in [0.4, 0.5) is 11.5 Å². The van der Waals surface area contributed by atoms with Gasteiger partial charge in [-0.2, -0.15) is 0 Å². The number of hydrogen-bond acceptors (Lipinski definition) is 3. The lowest BCUT2D eigenvalue weighted by Gasteiger charge is -2.13. The van der Waals surface area contributed by atoms with Crippen molar-refractivity contribution < 1.29 is 4.79 Å². The Balaban J connectivity index is 1.69. The van der Waals surface area contributed by atoms with Gasteiger partial charge in [-0.25, -0.2) is 4.98 Å². The number of nitrogens with zero attached hydrogens (tertiary/aromatic N) is 1. The Morgan fingerprint density at radius 3 is 2.77 bits per heavy atom. The molecule has 1 amide bonds. The summed E-state index contributed by atoms with van der Waals surface area (Å²) >= 11 is 3.40. The molecule has 0 saturated heterocycles. The fourth-order valence-electron chi connectivity index (χ4n) is 2.70. The third-order valence-electron chi connectivity index (χ3n) is 3.81. The molecule has 0 bridgehead atoms. The van der Waals surface area contributed by atoms with Crippen molar-refractivity contribution in [2.24, 2.45) is 0 Å². The fourth-order valence-corrected chi connectivity index (χ4v) is 3.10. The number of hydrogen-bond donors (Lipinski definition) is 2. The normalized spacial score (nSPS) is 14.8. The predicted molar refractivity (Wildman–Crippen MR) is 92.2 cm³/mol. The van der Waals surface area contributed by atoms with E-state index in [9.17, 15) is 4.79 Å². The smallest absolute Gasteiger partial charge is 0.255 e. The summed E-state index contributed by atoms with van der Waals surface area (Å²) in [4.78, 5) is 16.6. The standard InChI is InChI=1S/C17H18BrN3O/c18-13-4-3-7-15(11-13)21-17(22)12-8-9-19-16(10-12)20-14-5-1-2-6-14/h3-4,7-11,14H,1-2,5-6H2,(H,19,20)(H,21,22). The van der Waals surface area contributed by atoms with E-state index in [4.69, 9.17) is 0 Å². The Morgan fingerprint density at radius 2 is 2.00 bits per heavy atom. The first-order chi connectivity index (χ1) is 10.7. The maximum absolute atomic E-state index is 12.3. The van der Waals surface area contributed by atoms with Gasteiger partial charge in [0.05, 0.1) is 0 Å². The van der Waals surface area contributed by atoms with Crippen LogP contribution in [0.1, 0.15) is 36.0 Å². The third kappa shape index (κ3) is 3.85. The van der Waals surface area contributed by atoms with E-state index in [0.717, 1.165) is 16.0 Å². The molecule has 1 fully saturated rings. The molecule has 0 unspecified atom stereocenters. The van der Waals surface area contributed by atoms with Crippen molar-refractivity contribution >= 4 is 33.3 Å². The average Bonchev–Trinajstić information content (AvgIpc) is 3.00. The highest BCUT2D eigenvalue weighted by Gasteiger charge is 2.15. The fraction of sp³-hybridized carbons (Fsp3) is 0.294. The molecule has 5 heteroatoms. The Labute approximate surface area is 138 Å². The number of benzene rings is 1. The number of aromatic nitrogens is 1. The summed E-state index contributed by atoms with van der Waals surface area (Å²) in [7, 11) is 0. The van der Waals surface area contributed by atoms with Gasteiger partial charge in [0.15, 0.2) is 0 Å². The molecule has 0 radical (unpaired) electrons. The van der Waals surface area contributed by atoms with Crippen molar-refractivity contribution in [1.82, 2.24) is 4.98 Å². The SMILES string of the molecule is O=C(Nc1cccc(Br)c1)c1ccnc(NC2CCCC2)c1. The zero-order valence-electron chi connectivity index (χ0n) is 12.2. The van der Waals surface area contributed by atoms with E-state index >= 15 is 0 Å². The number of pyridine rings is 1. The topological polar surface area (TPSA) is 54.0 Å². The Morgan fingerprint density at radius 1 is 1.18 bits per heavy atom. The summed E-state index contributed by atoms with van der Waals surface area (Å²) in [6.07, 6.45) is 6.56. The van der Waals surface area contributed by atoms with Crippen LogP contribution in [0.2, 0.25) is 0 Å². The van der Waals surface area contributed by atoms with Crippen LogP contribution in [0.25, 0.3) is 0 Å². The summed E-state index contributed by atoms with van der Waals surface area (Å²) in [5.74, 6) is 0.642. The molecule has 4 nitrogen and oxygen atoms in total. The number of anilines is 2. The number of carbonyl (C=O) groups excluding carboxylic acids is 1. The highest BCUT2D eigenvalue weighted by Crippen LogP contribution is 2.22. The van der Waals surface area contributed by atoms with Crippen LogP contribution in [-0.2, 0) is 0 Å². The molecule has 1 aliphatic carbocycles. The maximum Gasteiger partial charge on any atom is 0.255 e. The summed E-state index contributed by atoms with van der Waals surface area (Å²) in [6.45, 7) is 0. The number of rotatable bonds is 4. The minimum Gasteiger partial charge on any atom is -0.367 e. The van der Waals surface area contributed by atoms with E-state index in [1.807, 2.05) is 30.3 Å². The molecule has 0 spiro atoms. The highest BCUT2D eigenvalue weighted by molar-refractivity contribution is 9.10. The average molecular weight is 360 g/mol. The van der Waals surface area contributed by atoms with Crippen LogP contribution in [0.5, 0.6) is 0 Å². The van der Waals surface area contributed by atoms with Crippen LogP contribution in [0.15, 0.2) is 47.1 Å². The van der Waals surface area contributed by atoms with Crippen molar-refractivity contribution in [3.8, 4) is 0 Å². The van der Waals surface area contributed by atoms with Crippen molar-refractivity contribution in [1.29, 1.82) is 0 Å². The van der Waals surface area contributed by atoms with Crippen LogP contribution >= 0.6 is 15.9 Å². The number of halogens is 1. The van der Waals surface area contributed by atoms with E-state index < -0.39 is 0 Å². The van der Waals surface area contributed by atoms with Crippen LogP contribution in [0.3, 0.4) is 0 Å². The lowest BCUT2D eigenvalue weighted by atomic mass is 10.2. The first kappa shape index (κ1) is 15.0. The summed E-state index contributed by atoms with van der Waals surface area (Å²) in [6, 6.07) is 11.6. The van der Waals surface area contributed by atoms with Gasteiger partial charge >= 0.3 is 0 Å². The summed E-state index contributed by atoms with van der Waals surface area (Å²) in [5, 5.41) is 6.31. The van der Waals surface area contributed by atoms with Gasteiger partial charge in [-0.05, 0) is 43.2 Å². The molecule has 0 atom stereocenters. The second-order valence-electron chi connectivity index (χ2n) is 5.52. The lowest BCUT2D eigenvalue weighted by Crippen LogP contribution is -2.17. The van der Waals surface area contributed by atoms with Gasteiger partial charge in [-0.3, -0.25) is 4.79 Å². The second kappa shape index (κ2) is 6.92. The quantitative estimate of drug-likeness (QED) is 0.847. The summed E-state index contributed by atoms with van der Waals surface area (Å²) in [5.41, 5.74) is 1.37. The molecule has 1 aromatic carbocycles. The van der Waals surface area contributed by atoms with Gasteiger partial charge < -0.3 is 10.6 Å². The molecule has 2 aromatic rings. The lowest BCUT2D eigenvalue weighted by molar-refractivity contribution is 0.102. The first-order valence-electron chi connectivity index (χ1n) is 7.50.